The Morgan fingerprint density at radius 3 is 3.05 bits per heavy atom. The fourth-order valence-electron chi connectivity index (χ4n) is 1.96. The Balaban J connectivity index is 1.83. The number of thiophene rings is 1. The quantitative estimate of drug-likeness (QED) is 0.554. The molecule has 0 unspecified atom stereocenters. The molecular formula is C12H16N6OS. The van der Waals surface area contributed by atoms with E-state index in [2.05, 4.69) is 20.7 Å². The minimum Gasteiger partial charge on any atom is -0.352 e. The molecule has 106 valence electrons. The summed E-state index contributed by atoms with van der Waals surface area (Å²) < 4.78 is 0.950. The minimum atomic E-state index is 0.0144. The molecule has 1 fully saturated rings. The number of hydrazine groups is 1. The van der Waals surface area contributed by atoms with Crippen molar-refractivity contribution in [2.75, 3.05) is 23.9 Å². The van der Waals surface area contributed by atoms with Crippen molar-refractivity contribution < 1.29 is 4.79 Å². The van der Waals surface area contributed by atoms with E-state index in [1.807, 2.05) is 23.4 Å². The molecule has 0 atom stereocenters. The second-order valence-electron chi connectivity index (χ2n) is 4.85. The summed E-state index contributed by atoms with van der Waals surface area (Å²) in [4.78, 5) is 22.3. The molecule has 1 aliphatic rings. The van der Waals surface area contributed by atoms with Crippen LogP contribution in [-0.2, 0) is 4.79 Å². The van der Waals surface area contributed by atoms with Crippen LogP contribution >= 0.6 is 11.3 Å². The number of likely N-dealkylation sites (N-methyl/N-ethyl adjacent to an activating group) is 1. The zero-order valence-corrected chi connectivity index (χ0v) is 11.9. The molecular weight excluding hydrogens is 276 g/mol. The first-order valence-electron chi connectivity index (χ1n) is 6.39. The SMILES string of the molecule is CN(CC(=O)NC1CC1)c1nc(NN)nc2ccsc12. The number of nitrogen functional groups attached to an aromatic ring is 1. The largest absolute Gasteiger partial charge is 0.352 e. The molecule has 2 aromatic heterocycles. The third-order valence-corrected chi connectivity index (χ3v) is 4.00. The highest BCUT2D eigenvalue weighted by molar-refractivity contribution is 7.17. The summed E-state index contributed by atoms with van der Waals surface area (Å²) in [5, 5.41) is 4.91. The fraction of sp³-hybridized carbons (Fsp3) is 0.417. The van der Waals surface area contributed by atoms with E-state index in [9.17, 15) is 4.79 Å². The number of nitrogens with zero attached hydrogens (tertiary/aromatic N) is 3. The van der Waals surface area contributed by atoms with E-state index in [1.54, 1.807) is 11.3 Å². The lowest BCUT2D eigenvalue weighted by atomic mass is 10.4. The zero-order valence-electron chi connectivity index (χ0n) is 11.1. The third-order valence-electron chi connectivity index (χ3n) is 3.10. The predicted octanol–water partition coefficient (Wildman–Crippen LogP) is 0.692. The van der Waals surface area contributed by atoms with Crippen molar-refractivity contribution in [3.05, 3.63) is 11.4 Å². The first-order valence-corrected chi connectivity index (χ1v) is 7.27. The van der Waals surface area contributed by atoms with E-state index in [-0.39, 0.29) is 12.5 Å². The number of amides is 1. The number of aromatic nitrogens is 2. The van der Waals surface area contributed by atoms with Gasteiger partial charge in [0.15, 0.2) is 5.82 Å². The monoisotopic (exact) mass is 292 g/mol. The second-order valence-corrected chi connectivity index (χ2v) is 5.76. The number of rotatable bonds is 5. The Kier molecular flexibility index (Phi) is 3.41. The van der Waals surface area contributed by atoms with Crippen LogP contribution in [0.4, 0.5) is 11.8 Å². The van der Waals surface area contributed by atoms with Gasteiger partial charge in [0.25, 0.3) is 0 Å². The molecule has 0 spiro atoms. The van der Waals surface area contributed by atoms with Crippen LogP contribution < -0.4 is 21.5 Å². The molecule has 2 heterocycles. The summed E-state index contributed by atoms with van der Waals surface area (Å²) in [7, 11) is 1.84. The number of carbonyl (C=O) groups excluding carboxylic acids is 1. The van der Waals surface area contributed by atoms with Gasteiger partial charge in [-0.25, -0.2) is 10.8 Å². The number of hydrogen-bond acceptors (Lipinski definition) is 7. The molecule has 0 radical (unpaired) electrons. The lowest BCUT2D eigenvalue weighted by molar-refractivity contribution is -0.119. The van der Waals surface area contributed by atoms with Gasteiger partial charge in [0.05, 0.1) is 16.8 Å². The molecule has 0 bridgehead atoms. The molecule has 8 heteroatoms. The van der Waals surface area contributed by atoms with Crippen molar-refractivity contribution >= 4 is 39.2 Å². The number of nitrogens with one attached hydrogen (secondary N) is 2. The summed E-state index contributed by atoms with van der Waals surface area (Å²) >= 11 is 1.55. The highest BCUT2D eigenvalue weighted by atomic mass is 32.1. The Hall–Kier alpha value is -1.93. The van der Waals surface area contributed by atoms with Gasteiger partial charge in [0, 0.05) is 13.1 Å². The third kappa shape index (κ3) is 2.66. The van der Waals surface area contributed by atoms with Crippen LogP contribution in [0.25, 0.3) is 10.2 Å². The van der Waals surface area contributed by atoms with E-state index < -0.39 is 0 Å². The van der Waals surface area contributed by atoms with Crippen LogP contribution in [0.2, 0.25) is 0 Å². The summed E-state index contributed by atoms with van der Waals surface area (Å²) in [6, 6.07) is 2.27. The Morgan fingerprint density at radius 2 is 2.35 bits per heavy atom. The van der Waals surface area contributed by atoms with Gasteiger partial charge in [0.2, 0.25) is 11.9 Å². The van der Waals surface area contributed by atoms with E-state index in [1.165, 1.54) is 0 Å². The van der Waals surface area contributed by atoms with E-state index in [0.717, 1.165) is 23.1 Å². The van der Waals surface area contributed by atoms with Crippen LogP contribution in [0.3, 0.4) is 0 Å². The molecule has 4 N–H and O–H groups in total. The standard InChI is InChI=1S/C12H16N6OS/c1-18(6-9(19)14-7-2-3-7)11-10-8(4-5-20-10)15-12(16-11)17-13/h4-5,7H,2-3,6,13H2,1H3,(H,14,19)(H,15,16,17). The number of fused-ring (bicyclic) bond motifs is 1. The van der Waals surface area contributed by atoms with E-state index in [4.69, 9.17) is 5.84 Å². The number of nitrogens with two attached hydrogens (primary N) is 1. The summed E-state index contributed by atoms with van der Waals surface area (Å²) in [5.74, 6) is 6.46. The van der Waals surface area contributed by atoms with Gasteiger partial charge in [-0.1, -0.05) is 0 Å². The van der Waals surface area contributed by atoms with Crippen LogP contribution in [0.15, 0.2) is 11.4 Å². The normalized spacial score (nSPS) is 14.3. The summed E-state index contributed by atoms with van der Waals surface area (Å²) in [6.07, 6.45) is 2.17. The molecule has 1 aliphatic carbocycles. The van der Waals surface area contributed by atoms with Gasteiger partial charge >= 0.3 is 0 Å². The van der Waals surface area contributed by atoms with Gasteiger partial charge in [-0.3, -0.25) is 10.2 Å². The van der Waals surface area contributed by atoms with Gasteiger partial charge in [-0.15, -0.1) is 11.3 Å². The van der Waals surface area contributed by atoms with Gasteiger partial charge < -0.3 is 10.2 Å². The minimum absolute atomic E-state index is 0.0144. The van der Waals surface area contributed by atoms with Crippen molar-refractivity contribution in [1.82, 2.24) is 15.3 Å². The fourth-order valence-corrected chi connectivity index (χ4v) is 2.84. The molecule has 0 aliphatic heterocycles. The van der Waals surface area contributed by atoms with Crippen molar-refractivity contribution in [1.29, 1.82) is 0 Å². The highest BCUT2D eigenvalue weighted by Crippen LogP contribution is 2.29. The lowest BCUT2D eigenvalue weighted by Gasteiger charge is -2.18. The molecule has 1 amide bonds. The first kappa shape index (κ1) is 13.1. The Labute approximate surface area is 120 Å². The average Bonchev–Trinajstić information content (AvgIpc) is 3.11. The molecule has 1 saturated carbocycles. The molecule has 3 rings (SSSR count). The first-order chi connectivity index (χ1) is 9.67. The van der Waals surface area contributed by atoms with Crippen LogP contribution in [0.5, 0.6) is 0 Å². The van der Waals surface area contributed by atoms with Gasteiger partial charge in [-0.2, -0.15) is 4.98 Å². The van der Waals surface area contributed by atoms with E-state index in [0.29, 0.717) is 17.8 Å². The second kappa shape index (κ2) is 5.22. The van der Waals surface area contributed by atoms with Crippen LogP contribution in [-0.4, -0.2) is 35.5 Å². The lowest BCUT2D eigenvalue weighted by Crippen LogP contribution is -2.36. The van der Waals surface area contributed by atoms with Crippen molar-refractivity contribution in [2.24, 2.45) is 5.84 Å². The molecule has 0 aromatic carbocycles. The van der Waals surface area contributed by atoms with Crippen molar-refractivity contribution in [3.8, 4) is 0 Å². The maximum Gasteiger partial charge on any atom is 0.239 e. The molecule has 2 aromatic rings. The van der Waals surface area contributed by atoms with Crippen LogP contribution in [0, 0.1) is 0 Å². The summed E-state index contributed by atoms with van der Waals surface area (Å²) in [6.45, 7) is 0.268. The summed E-state index contributed by atoms with van der Waals surface area (Å²) in [5.41, 5.74) is 3.28. The Bertz CT molecular complexity index is 638. The van der Waals surface area contributed by atoms with Crippen molar-refractivity contribution in [2.45, 2.75) is 18.9 Å². The molecule has 0 saturated heterocycles. The average molecular weight is 292 g/mol. The highest BCUT2D eigenvalue weighted by Gasteiger charge is 2.24. The van der Waals surface area contributed by atoms with Crippen molar-refractivity contribution in [3.63, 3.8) is 0 Å². The van der Waals surface area contributed by atoms with Gasteiger partial charge in [-0.05, 0) is 24.3 Å². The maximum atomic E-state index is 11.9. The number of hydrogen-bond donors (Lipinski definition) is 3. The van der Waals surface area contributed by atoms with Gasteiger partial charge in [0.1, 0.15) is 0 Å². The van der Waals surface area contributed by atoms with E-state index >= 15 is 0 Å². The van der Waals surface area contributed by atoms with Crippen LogP contribution in [0.1, 0.15) is 12.8 Å². The topological polar surface area (TPSA) is 96.2 Å². The number of anilines is 2. The maximum absolute atomic E-state index is 11.9. The molecule has 20 heavy (non-hydrogen) atoms. The Morgan fingerprint density at radius 1 is 1.55 bits per heavy atom. The predicted molar refractivity (Wildman–Crippen MR) is 79.7 cm³/mol. The number of carbonyl (C=O) groups is 1. The smallest absolute Gasteiger partial charge is 0.239 e. The zero-order chi connectivity index (χ0) is 14.1. The molecule has 7 nitrogen and oxygen atoms in total.